The minimum Gasteiger partial charge on any atom is -0.351 e. The van der Waals surface area contributed by atoms with Gasteiger partial charge in [0.2, 0.25) is 0 Å². The van der Waals surface area contributed by atoms with Crippen LogP contribution in [0, 0.1) is 0 Å². The van der Waals surface area contributed by atoms with Crippen LogP contribution in [-0.4, -0.2) is 10.2 Å². The molecular formula is C16H16ClN5. The minimum atomic E-state index is 0.506. The lowest BCUT2D eigenvalue weighted by Crippen LogP contribution is -1.99. The van der Waals surface area contributed by atoms with Gasteiger partial charge in [0.05, 0.1) is 6.20 Å². The fourth-order valence-electron chi connectivity index (χ4n) is 2.12. The molecule has 0 radical (unpaired) electrons. The molecule has 0 aliphatic rings. The molecule has 5 N–H and O–H groups in total. The second kappa shape index (κ2) is 6.51. The van der Waals surface area contributed by atoms with Crippen LogP contribution in [0.2, 0.25) is 5.02 Å². The van der Waals surface area contributed by atoms with Crippen molar-refractivity contribution in [1.29, 1.82) is 0 Å². The van der Waals surface area contributed by atoms with Crippen molar-refractivity contribution in [2.24, 2.45) is 5.73 Å². The van der Waals surface area contributed by atoms with E-state index >= 15 is 0 Å². The molecule has 6 heteroatoms. The molecule has 22 heavy (non-hydrogen) atoms. The van der Waals surface area contributed by atoms with Crippen molar-refractivity contribution >= 4 is 34.5 Å². The molecule has 3 aromatic rings. The highest BCUT2D eigenvalue weighted by Crippen LogP contribution is 2.27. The summed E-state index contributed by atoms with van der Waals surface area (Å²) in [7, 11) is 0. The summed E-state index contributed by atoms with van der Waals surface area (Å²) >= 11 is 6.00. The third kappa shape index (κ3) is 3.39. The van der Waals surface area contributed by atoms with E-state index in [4.69, 9.17) is 17.3 Å². The molecule has 0 aliphatic carbocycles. The van der Waals surface area contributed by atoms with Gasteiger partial charge in [0.15, 0.2) is 0 Å². The number of nitrogens with two attached hydrogens (primary N) is 1. The molecule has 112 valence electrons. The Morgan fingerprint density at radius 1 is 1.05 bits per heavy atom. The minimum absolute atomic E-state index is 0.506. The summed E-state index contributed by atoms with van der Waals surface area (Å²) in [6, 6.07) is 15.5. The van der Waals surface area contributed by atoms with E-state index in [1.165, 1.54) is 0 Å². The summed E-state index contributed by atoms with van der Waals surface area (Å²) in [6.45, 7) is 0.506. The van der Waals surface area contributed by atoms with Gasteiger partial charge in [-0.25, -0.2) is 0 Å². The summed E-state index contributed by atoms with van der Waals surface area (Å²) in [5.41, 5.74) is 9.40. The average molecular weight is 314 g/mol. The van der Waals surface area contributed by atoms with E-state index in [1.54, 1.807) is 6.20 Å². The molecule has 5 nitrogen and oxygen atoms in total. The van der Waals surface area contributed by atoms with E-state index in [0.29, 0.717) is 11.6 Å². The van der Waals surface area contributed by atoms with Crippen molar-refractivity contribution in [3.63, 3.8) is 0 Å². The van der Waals surface area contributed by atoms with E-state index in [9.17, 15) is 0 Å². The van der Waals surface area contributed by atoms with Gasteiger partial charge in [-0.1, -0.05) is 29.8 Å². The maximum atomic E-state index is 6.00. The molecule has 0 saturated heterocycles. The maximum Gasteiger partial charge on any atom is 0.150 e. The first-order chi connectivity index (χ1) is 10.7. The number of hydrogen-bond acceptors (Lipinski definition) is 4. The topological polar surface area (TPSA) is 78.8 Å². The van der Waals surface area contributed by atoms with Gasteiger partial charge in [0.1, 0.15) is 11.5 Å². The number of rotatable bonds is 5. The molecule has 3 rings (SSSR count). The summed E-state index contributed by atoms with van der Waals surface area (Å²) in [6.07, 6.45) is 1.72. The molecule has 0 amide bonds. The Morgan fingerprint density at radius 3 is 2.59 bits per heavy atom. The van der Waals surface area contributed by atoms with Gasteiger partial charge < -0.3 is 16.4 Å². The van der Waals surface area contributed by atoms with Crippen molar-refractivity contribution in [2.75, 3.05) is 10.6 Å². The molecule has 1 heterocycles. The lowest BCUT2D eigenvalue weighted by molar-refractivity contribution is 1.07. The first-order valence-corrected chi connectivity index (χ1v) is 7.24. The second-order valence-electron chi connectivity index (χ2n) is 4.82. The Hall–Kier alpha value is -2.50. The van der Waals surface area contributed by atoms with Gasteiger partial charge in [0.25, 0.3) is 0 Å². The van der Waals surface area contributed by atoms with Crippen molar-refractivity contribution in [3.8, 4) is 0 Å². The third-order valence-electron chi connectivity index (χ3n) is 3.17. The fraction of sp³-hybridized carbons (Fsp3) is 0.0625. The normalized spacial score (nSPS) is 10.5. The molecule has 1 aromatic heterocycles. The second-order valence-corrected chi connectivity index (χ2v) is 5.26. The Labute approximate surface area is 133 Å². The van der Waals surface area contributed by atoms with Crippen molar-refractivity contribution < 1.29 is 0 Å². The molecule has 0 fully saturated rings. The van der Waals surface area contributed by atoms with Crippen LogP contribution in [-0.2, 0) is 6.54 Å². The van der Waals surface area contributed by atoms with Crippen molar-refractivity contribution in [3.05, 3.63) is 65.3 Å². The van der Waals surface area contributed by atoms with Crippen LogP contribution < -0.4 is 16.4 Å². The van der Waals surface area contributed by atoms with Crippen LogP contribution in [0.3, 0.4) is 0 Å². The lowest BCUT2D eigenvalue weighted by Gasteiger charge is -2.10. The molecular weight excluding hydrogens is 298 g/mol. The number of halogens is 1. The Balaban J connectivity index is 1.80. The van der Waals surface area contributed by atoms with E-state index in [1.807, 2.05) is 48.5 Å². The Bertz CT molecular complexity index is 768. The average Bonchev–Trinajstić information content (AvgIpc) is 2.94. The summed E-state index contributed by atoms with van der Waals surface area (Å²) in [5.74, 6) is 0.772. The molecule has 0 unspecified atom stereocenters. The standard InChI is InChI=1S/C16H16ClN5/c17-12-4-2-6-14(8-12)20-15-10-19-22-16(15)21-13-5-1-3-11(7-13)9-18/h1-8,10,20H,9,18H2,(H2,19,21,22). The monoisotopic (exact) mass is 313 g/mol. The van der Waals surface area contributed by atoms with Crippen LogP contribution in [0.25, 0.3) is 0 Å². The number of anilines is 4. The molecule has 2 aromatic carbocycles. The summed E-state index contributed by atoms with van der Waals surface area (Å²) in [4.78, 5) is 0. The quantitative estimate of drug-likeness (QED) is 0.574. The van der Waals surface area contributed by atoms with Crippen LogP contribution >= 0.6 is 11.6 Å². The van der Waals surface area contributed by atoms with E-state index in [2.05, 4.69) is 20.8 Å². The van der Waals surface area contributed by atoms with Gasteiger partial charge in [0, 0.05) is 22.9 Å². The van der Waals surface area contributed by atoms with Crippen LogP contribution in [0.15, 0.2) is 54.7 Å². The highest BCUT2D eigenvalue weighted by atomic mass is 35.5. The van der Waals surface area contributed by atoms with E-state index < -0.39 is 0 Å². The number of H-pyrrole nitrogens is 1. The molecule has 0 aliphatic heterocycles. The largest absolute Gasteiger partial charge is 0.351 e. The van der Waals surface area contributed by atoms with Crippen LogP contribution in [0.1, 0.15) is 5.56 Å². The smallest absolute Gasteiger partial charge is 0.150 e. The maximum absolute atomic E-state index is 6.00. The third-order valence-corrected chi connectivity index (χ3v) is 3.41. The Morgan fingerprint density at radius 2 is 1.82 bits per heavy atom. The number of aromatic amines is 1. The number of nitrogens with zero attached hydrogens (tertiary/aromatic N) is 1. The number of hydrogen-bond donors (Lipinski definition) is 4. The summed E-state index contributed by atoms with van der Waals surface area (Å²) in [5, 5.41) is 14.3. The van der Waals surface area contributed by atoms with E-state index in [-0.39, 0.29) is 0 Å². The fourth-order valence-corrected chi connectivity index (χ4v) is 2.31. The zero-order valence-corrected chi connectivity index (χ0v) is 12.6. The van der Waals surface area contributed by atoms with Gasteiger partial charge in [-0.3, -0.25) is 5.10 Å². The SMILES string of the molecule is NCc1cccc(Nc2[nH]ncc2Nc2cccc(Cl)c2)c1. The predicted octanol–water partition coefficient (Wildman–Crippen LogP) is 4.01. The molecule has 0 spiro atoms. The number of nitrogens with one attached hydrogen (secondary N) is 3. The highest BCUT2D eigenvalue weighted by molar-refractivity contribution is 6.30. The van der Waals surface area contributed by atoms with Crippen LogP contribution in [0.5, 0.6) is 0 Å². The molecule has 0 bridgehead atoms. The number of benzene rings is 2. The van der Waals surface area contributed by atoms with Gasteiger partial charge in [-0.05, 0) is 35.9 Å². The molecule has 0 atom stereocenters. The van der Waals surface area contributed by atoms with Gasteiger partial charge in [-0.15, -0.1) is 0 Å². The zero-order valence-electron chi connectivity index (χ0n) is 11.8. The summed E-state index contributed by atoms with van der Waals surface area (Å²) < 4.78 is 0. The highest BCUT2D eigenvalue weighted by Gasteiger charge is 2.06. The van der Waals surface area contributed by atoms with E-state index in [0.717, 1.165) is 28.4 Å². The van der Waals surface area contributed by atoms with Crippen molar-refractivity contribution in [2.45, 2.75) is 6.54 Å². The first kappa shape index (κ1) is 14.4. The van der Waals surface area contributed by atoms with Crippen LogP contribution in [0.4, 0.5) is 22.9 Å². The van der Waals surface area contributed by atoms with Gasteiger partial charge in [-0.2, -0.15) is 5.10 Å². The zero-order chi connectivity index (χ0) is 15.4. The Kier molecular flexibility index (Phi) is 4.27. The van der Waals surface area contributed by atoms with Crippen molar-refractivity contribution in [1.82, 2.24) is 10.2 Å². The molecule has 0 saturated carbocycles. The predicted molar refractivity (Wildman–Crippen MR) is 90.9 cm³/mol. The first-order valence-electron chi connectivity index (χ1n) is 6.86. The number of aromatic nitrogens is 2. The van der Waals surface area contributed by atoms with Gasteiger partial charge >= 0.3 is 0 Å². The lowest BCUT2D eigenvalue weighted by atomic mass is 10.2.